The fourth-order valence-corrected chi connectivity index (χ4v) is 4.72. The molecule has 2 rings (SSSR count). The zero-order valence-electron chi connectivity index (χ0n) is 13.1. The van der Waals surface area contributed by atoms with Crippen molar-refractivity contribution in [3.8, 4) is 0 Å². The SMILES string of the molecule is CC1(C)CN(S(=O)(=O)Cc2ccccc2N)CC(C)(C)O1. The fourth-order valence-electron chi connectivity index (χ4n) is 2.87. The average Bonchev–Trinajstić information content (AvgIpc) is 2.28. The van der Waals surface area contributed by atoms with Crippen molar-refractivity contribution < 1.29 is 13.2 Å². The maximum absolute atomic E-state index is 12.7. The number of para-hydroxylation sites is 1. The Bertz CT molecular complexity index is 608. The van der Waals surface area contributed by atoms with Crippen LogP contribution in [0, 0.1) is 0 Å². The van der Waals surface area contributed by atoms with Gasteiger partial charge in [-0.15, -0.1) is 0 Å². The minimum absolute atomic E-state index is 0.0775. The highest BCUT2D eigenvalue weighted by Gasteiger charge is 2.42. The van der Waals surface area contributed by atoms with E-state index in [4.69, 9.17) is 10.5 Å². The van der Waals surface area contributed by atoms with Crippen molar-refractivity contribution in [3.05, 3.63) is 29.8 Å². The molecule has 0 amide bonds. The number of benzene rings is 1. The molecule has 21 heavy (non-hydrogen) atoms. The second-order valence-electron chi connectivity index (χ2n) is 6.84. The van der Waals surface area contributed by atoms with E-state index in [0.29, 0.717) is 24.3 Å². The highest BCUT2D eigenvalue weighted by atomic mass is 32.2. The van der Waals surface area contributed by atoms with Gasteiger partial charge in [0, 0.05) is 18.8 Å². The predicted molar refractivity (Wildman–Crippen MR) is 84.3 cm³/mol. The number of morpholine rings is 1. The van der Waals surface area contributed by atoms with Crippen LogP contribution >= 0.6 is 0 Å². The first kappa shape index (κ1) is 16.3. The summed E-state index contributed by atoms with van der Waals surface area (Å²) in [6.45, 7) is 8.35. The van der Waals surface area contributed by atoms with E-state index in [1.165, 1.54) is 4.31 Å². The number of sulfonamides is 1. The van der Waals surface area contributed by atoms with Gasteiger partial charge in [-0.05, 0) is 39.3 Å². The average molecular weight is 312 g/mol. The molecule has 0 atom stereocenters. The van der Waals surface area contributed by atoms with Crippen LogP contribution in [-0.2, 0) is 20.5 Å². The largest absolute Gasteiger partial charge is 0.398 e. The number of nitrogens with zero attached hydrogens (tertiary/aromatic N) is 1. The molecule has 0 saturated carbocycles. The van der Waals surface area contributed by atoms with Crippen LogP contribution in [0.4, 0.5) is 5.69 Å². The lowest BCUT2D eigenvalue weighted by molar-refractivity contribution is -0.163. The lowest BCUT2D eigenvalue weighted by Crippen LogP contribution is -2.58. The van der Waals surface area contributed by atoms with Gasteiger partial charge in [-0.25, -0.2) is 8.42 Å². The van der Waals surface area contributed by atoms with Crippen LogP contribution in [0.2, 0.25) is 0 Å². The quantitative estimate of drug-likeness (QED) is 0.866. The highest BCUT2D eigenvalue weighted by molar-refractivity contribution is 7.88. The van der Waals surface area contributed by atoms with E-state index in [-0.39, 0.29) is 5.75 Å². The van der Waals surface area contributed by atoms with E-state index in [9.17, 15) is 8.42 Å². The molecule has 2 N–H and O–H groups in total. The number of hydrogen-bond donors (Lipinski definition) is 1. The van der Waals surface area contributed by atoms with Crippen LogP contribution in [0.25, 0.3) is 0 Å². The Hall–Kier alpha value is -1.11. The van der Waals surface area contributed by atoms with Crippen molar-refractivity contribution in [3.63, 3.8) is 0 Å². The molecule has 1 fully saturated rings. The van der Waals surface area contributed by atoms with E-state index in [1.54, 1.807) is 24.3 Å². The molecular weight excluding hydrogens is 288 g/mol. The van der Waals surface area contributed by atoms with Gasteiger partial charge in [0.1, 0.15) is 0 Å². The van der Waals surface area contributed by atoms with Crippen LogP contribution in [0.5, 0.6) is 0 Å². The molecule has 1 aromatic carbocycles. The first-order valence-corrected chi connectivity index (χ1v) is 8.63. The Balaban J connectivity index is 2.25. The third-order valence-electron chi connectivity index (χ3n) is 3.45. The van der Waals surface area contributed by atoms with Crippen LogP contribution in [0.15, 0.2) is 24.3 Å². The van der Waals surface area contributed by atoms with Gasteiger partial charge >= 0.3 is 0 Å². The predicted octanol–water partition coefficient (Wildman–Crippen LogP) is 1.99. The van der Waals surface area contributed by atoms with Crippen molar-refractivity contribution in [1.82, 2.24) is 4.31 Å². The third kappa shape index (κ3) is 3.96. The zero-order valence-corrected chi connectivity index (χ0v) is 13.9. The molecule has 5 nitrogen and oxygen atoms in total. The maximum Gasteiger partial charge on any atom is 0.218 e. The molecule has 0 radical (unpaired) electrons. The standard InChI is InChI=1S/C15H24N2O3S/c1-14(2)10-17(11-15(3,4)20-14)21(18,19)9-12-7-5-6-8-13(12)16/h5-8H,9-11,16H2,1-4H3. The van der Waals surface area contributed by atoms with Gasteiger partial charge in [0.25, 0.3) is 0 Å². The topological polar surface area (TPSA) is 72.6 Å². The van der Waals surface area contributed by atoms with Crippen molar-refractivity contribution in [2.24, 2.45) is 0 Å². The van der Waals surface area contributed by atoms with E-state index >= 15 is 0 Å². The van der Waals surface area contributed by atoms with Crippen LogP contribution in [0.1, 0.15) is 33.3 Å². The summed E-state index contributed by atoms with van der Waals surface area (Å²) >= 11 is 0. The van der Waals surface area contributed by atoms with Crippen molar-refractivity contribution in [1.29, 1.82) is 0 Å². The molecule has 0 aromatic heterocycles. The summed E-state index contributed by atoms with van der Waals surface area (Å²) in [4.78, 5) is 0. The number of anilines is 1. The second kappa shape index (κ2) is 5.26. The Morgan fingerprint density at radius 3 is 2.19 bits per heavy atom. The van der Waals surface area contributed by atoms with Gasteiger partial charge in [0.05, 0.1) is 17.0 Å². The summed E-state index contributed by atoms with van der Waals surface area (Å²) in [5.41, 5.74) is 6.00. The Morgan fingerprint density at radius 1 is 1.14 bits per heavy atom. The number of rotatable bonds is 3. The molecule has 0 aliphatic carbocycles. The number of hydrogen-bond acceptors (Lipinski definition) is 4. The fraction of sp³-hybridized carbons (Fsp3) is 0.600. The maximum atomic E-state index is 12.7. The number of nitrogen functional groups attached to an aromatic ring is 1. The molecule has 1 aliphatic heterocycles. The van der Waals surface area contributed by atoms with Crippen LogP contribution < -0.4 is 5.73 Å². The van der Waals surface area contributed by atoms with Gasteiger partial charge in [-0.2, -0.15) is 4.31 Å². The van der Waals surface area contributed by atoms with Gasteiger partial charge in [0.2, 0.25) is 10.0 Å². The molecule has 0 unspecified atom stereocenters. The molecular formula is C15H24N2O3S. The van der Waals surface area contributed by atoms with Crippen molar-refractivity contribution in [2.75, 3.05) is 18.8 Å². The van der Waals surface area contributed by atoms with E-state index in [1.807, 2.05) is 27.7 Å². The Kier molecular flexibility index (Phi) is 4.08. The van der Waals surface area contributed by atoms with Gasteiger partial charge in [-0.3, -0.25) is 0 Å². The molecule has 1 aliphatic rings. The smallest absolute Gasteiger partial charge is 0.218 e. The lowest BCUT2D eigenvalue weighted by Gasteiger charge is -2.46. The number of ether oxygens (including phenoxy) is 1. The lowest BCUT2D eigenvalue weighted by atomic mass is 10.0. The third-order valence-corrected chi connectivity index (χ3v) is 5.17. The number of nitrogens with two attached hydrogens (primary N) is 1. The molecule has 118 valence electrons. The van der Waals surface area contributed by atoms with Crippen molar-refractivity contribution >= 4 is 15.7 Å². The molecule has 0 spiro atoms. The minimum atomic E-state index is -3.43. The molecule has 1 heterocycles. The molecule has 1 saturated heterocycles. The van der Waals surface area contributed by atoms with Crippen LogP contribution in [-0.4, -0.2) is 37.0 Å². The van der Waals surface area contributed by atoms with Gasteiger partial charge in [0.15, 0.2) is 0 Å². The summed E-state index contributed by atoms with van der Waals surface area (Å²) in [5.74, 6) is -0.0775. The highest BCUT2D eigenvalue weighted by Crippen LogP contribution is 2.30. The zero-order chi connectivity index (χ0) is 15.9. The van der Waals surface area contributed by atoms with Gasteiger partial charge < -0.3 is 10.5 Å². The first-order chi connectivity index (χ1) is 9.51. The summed E-state index contributed by atoms with van der Waals surface area (Å²) < 4.78 is 32.8. The summed E-state index contributed by atoms with van der Waals surface area (Å²) in [6.07, 6.45) is 0. The summed E-state index contributed by atoms with van der Waals surface area (Å²) in [6, 6.07) is 7.07. The Morgan fingerprint density at radius 2 is 1.67 bits per heavy atom. The minimum Gasteiger partial charge on any atom is -0.398 e. The summed E-state index contributed by atoms with van der Waals surface area (Å²) in [5, 5.41) is 0. The van der Waals surface area contributed by atoms with Crippen LogP contribution in [0.3, 0.4) is 0 Å². The van der Waals surface area contributed by atoms with E-state index < -0.39 is 21.2 Å². The van der Waals surface area contributed by atoms with E-state index in [0.717, 1.165) is 0 Å². The van der Waals surface area contributed by atoms with E-state index in [2.05, 4.69) is 0 Å². The van der Waals surface area contributed by atoms with Gasteiger partial charge in [-0.1, -0.05) is 18.2 Å². The molecule has 6 heteroatoms. The molecule has 0 bridgehead atoms. The normalized spacial score (nSPS) is 22.1. The Labute approximate surface area is 127 Å². The monoisotopic (exact) mass is 312 g/mol. The first-order valence-electron chi connectivity index (χ1n) is 7.02. The molecule has 1 aromatic rings. The second-order valence-corrected chi connectivity index (χ2v) is 8.81. The van der Waals surface area contributed by atoms with Crippen molar-refractivity contribution in [2.45, 2.75) is 44.6 Å². The summed E-state index contributed by atoms with van der Waals surface area (Å²) in [7, 11) is -3.43.